The van der Waals surface area contributed by atoms with Crippen LogP contribution in [0.25, 0.3) is 11.1 Å². The van der Waals surface area contributed by atoms with Gasteiger partial charge in [-0.1, -0.05) is 43.2 Å². The van der Waals surface area contributed by atoms with Gasteiger partial charge in [0.15, 0.2) is 5.78 Å². The molecule has 292 valence electrons. The van der Waals surface area contributed by atoms with Gasteiger partial charge in [-0.05, 0) is 171 Å². The van der Waals surface area contributed by atoms with Crippen LogP contribution in [0.2, 0.25) is 0 Å². The smallest absolute Gasteiger partial charge is 0.320 e. The summed E-state index contributed by atoms with van der Waals surface area (Å²) in [5, 5.41) is 23.3. The highest BCUT2D eigenvalue weighted by Crippen LogP contribution is 2.44. The van der Waals surface area contributed by atoms with E-state index in [2.05, 4.69) is 32.3 Å². The first-order valence-electron chi connectivity index (χ1n) is 20.8. The van der Waals surface area contributed by atoms with Crippen LogP contribution in [-0.4, -0.2) is 61.4 Å². The molecule has 2 aromatic carbocycles. The second kappa shape index (κ2) is 16.4. The number of nitrogens with zero attached hydrogens (tertiary/aromatic N) is 3. The van der Waals surface area contributed by atoms with Crippen LogP contribution in [0.1, 0.15) is 142 Å². The normalized spacial score (nSPS) is 21.2. The van der Waals surface area contributed by atoms with E-state index in [-0.39, 0.29) is 24.2 Å². The SMILES string of the molecule is Cc1c(CC(=O)c2cc(C3CC3)c(CN3CCCC[C@H]3C(=O)O)cn2)cccc1-c1cccc(NC(=O)c2cc(C3CC3)c(CC[C@H]3CCC[C@H]3O)cn2)c1C. The first-order chi connectivity index (χ1) is 27.1. The monoisotopic (exact) mass is 754 g/mol. The Hall–Kier alpha value is -4.73. The number of carboxylic acids is 1. The maximum Gasteiger partial charge on any atom is 0.320 e. The molecule has 3 heterocycles. The van der Waals surface area contributed by atoms with Gasteiger partial charge in [-0.3, -0.25) is 29.3 Å². The molecule has 56 heavy (non-hydrogen) atoms. The quantitative estimate of drug-likeness (QED) is 0.109. The fraction of sp³-hybridized carbons (Fsp3) is 0.468. The van der Waals surface area contributed by atoms with Crippen molar-refractivity contribution in [2.45, 2.75) is 128 Å². The zero-order chi connectivity index (χ0) is 38.9. The molecule has 0 bridgehead atoms. The van der Waals surface area contributed by atoms with E-state index < -0.39 is 12.0 Å². The van der Waals surface area contributed by atoms with Crippen molar-refractivity contribution in [3.8, 4) is 11.1 Å². The third-order valence-corrected chi connectivity index (χ3v) is 12.9. The van der Waals surface area contributed by atoms with Crippen molar-refractivity contribution in [3.05, 3.63) is 111 Å². The summed E-state index contributed by atoms with van der Waals surface area (Å²) < 4.78 is 0. The topological polar surface area (TPSA) is 133 Å². The molecule has 3 N–H and O–H groups in total. The zero-order valence-electron chi connectivity index (χ0n) is 32.7. The van der Waals surface area contributed by atoms with Gasteiger partial charge in [0, 0.05) is 31.0 Å². The van der Waals surface area contributed by atoms with Crippen molar-refractivity contribution in [2.24, 2.45) is 5.92 Å². The lowest BCUT2D eigenvalue weighted by atomic mass is 9.90. The summed E-state index contributed by atoms with van der Waals surface area (Å²) in [4.78, 5) is 50.7. The van der Waals surface area contributed by atoms with Gasteiger partial charge in [0.25, 0.3) is 5.91 Å². The number of ketones is 1. The molecule has 4 fully saturated rings. The number of carbonyl (C=O) groups excluding carboxylic acids is 2. The maximum absolute atomic E-state index is 13.8. The van der Waals surface area contributed by atoms with Crippen LogP contribution in [0.5, 0.6) is 0 Å². The number of hydrogen-bond donors (Lipinski definition) is 3. The van der Waals surface area contributed by atoms with Crippen molar-refractivity contribution in [2.75, 3.05) is 11.9 Å². The van der Waals surface area contributed by atoms with Crippen molar-refractivity contribution in [1.82, 2.24) is 14.9 Å². The fourth-order valence-electron chi connectivity index (χ4n) is 9.22. The molecule has 0 unspecified atom stereocenters. The lowest BCUT2D eigenvalue weighted by Gasteiger charge is -2.33. The number of carboxylic acid groups (broad SMARTS) is 1. The molecule has 3 aliphatic carbocycles. The number of benzene rings is 2. The number of aliphatic carboxylic acids is 1. The van der Waals surface area contributed by atoms with Crippen LogP contribution >= 0.6 is 0 Å². The van der Waals surface area contributed by atoms with Gasteiger partial charge < -0.3 is 15.5 Å². The number of aromatic nitrogens is 2. The van der Waals surface area contributed by atoms with Gasteiger partial charge >= 0.3 is 5.97 Å². The summed E-state index contributed by atoms with van der Waals surface area (Å²) in [6.07, 6.45) is 15.6. The molecule has 1 saturated heterocycles. The minimum absolute atomic E-state index is 0.0435. The molecule has 4 aromatic rings. The summed E-state index contributed by atoms with van der Waals surface area (Å²) in [6.45, 7) is 5.36. The van der Waals surface area contributed by atoms with Gasteiger partial charge in [0.2, 0.25) is 0 Å². The van der Waals surface area contributed by atoms with Crippen LogP contribution in [0, 0.1) is 19.8 Å². The van der Waals surface area contributed by atoms with Crippen molar-refractivity contribution < 1.29 is 24.6 Å². The highest BCUT2D eigenvalue weighted by atomic mass is 16.4. The zero-order valence-corrected chi connectivity index (χ0v) is 32.7. The van der Waals surface area contributed by atoms with E-state index in [0.29, 0.717) is 42.1 Å². The molecule has 3 atom stereocenters. The van der Waals surface area contributed by atoms with Crippen LogP contribution in [-0.2, 0) is 24.2 Å². The third kappa shape index (κ3) is 8.35. The average molecular weight is 755 g/mol. The Bertz CT molecular complexity index is 2140. The van der Waals surface area contributed by atoms with Crippen molar-refractivity contribution in [3.63, 3.8) is 0 Å². The van der Waals surface area contributed by atoms with E-state index in [4.69, 9.17) is 0 Å². The number of aryl methyl sites for hydroxylation is 1. The van der Waals surface area contributed by atoms with E-state index in [1.165, 1.54) is 11.1 Å². The van der Waals surface area contributed by atoms with Gasteiger partial charge in [-0.25, -0.2) is 0 Å². The molecule has 2 aromatic heterocycles. The highest BCUT2D eigenvalue weighted by Gasteiger charge is 2.33. The van der Waals surface area contributed by atoms with Gasteiger partial charge in [-0.15, -0.1) is 0 Å². The number of Topliss-reactive ketones (excluding diaryl/α,β-unsaturated/α-hetero) is 1. The molecule has 4 aliphatic rings. The van der Waals surface area contributed by atoms with Gasteiger partial charge in [0.1, 0.15) is 17.4 Å². The Morgan fingerprint density at radius 2 is 1.45 bits per heavy atom. The summed E-state index contributed by atoms with van der Waals surface area (Å²) in [5.41, 5.74) is 11.1. The Kier molecular flexibility index (Phi) is 11.2. The van der Waals surface area contributed by atoms with E-state index in [1.807, 2.05) is 56.4 Å². The molecule has 0 radical (unpaired) electrons. The Morgan fingerprint density at radius 3 is 2.16 bits per heavy atom. The number of pyridine rings is 2. The molecule has 0 spiro atoms. The predicted molar refractivity (Wildman–Crippen MR) is 217 cm³/mol. The number of piperidine rings is 1. The molecule has 9 nitrogen and oxygen atoms in total. The molecule has 1 amide bonds. The predicted octanol–water partition coefficient (Wildman–Crippen LogP) is 8.73. The number of nitrogens with one attached hydrogen (secondary N) is 1. The molecule has 8 rings (SSSR count). The fourth-order valence-corrected chi connectivity index (χ4v) is 9.22. The number of rotatable bonds is 14. The number of likely N-dealkylation sites (tertiary alicyclic amines) is 1. The van der Waals surface area contributed by atoms with E-state index in [1.54, 1.807) is 6.20 Å². The molecular formula is C47H54N4O5. The molecule has 9 heteroatoms. The third-order valence-electron chi connectivity index (χ3n) is 12.9. The number of amides is 1. The Morgan fingerprint density at radius 1 is 0.768 bits per heavy atom. The molecule has 3 saturated carbocycles. The first kappa shape index (κ1) is 38.2. The van der Waals surface area contributed by atoms with Crippen LogP contribution in [0.4, 0.5) is 5.69 Å². The van der Waals surface area contributed by atoms with Crippen molar-refractivity contribution >= 4 is 23.3 Å². The van der Waals surface area contributed by atoms with Crippen LogP contribution in [0.15, 0.2) is 60.9 Å². The summed E-state index contributed by atoms with van der Waals surface area (Å²) >= 11 is 0. The van der Waals surface area contributed by atoms with E-state index in [9.17, 15) is 24.6 Å². The molecular weight excluding hydrogens is 701 g/mol. The lowest BCUT2D eigenvalue weighted by molar-refractivity contribution is -0.144. The number of anilines is 1. The summed E-state index contributed by atoms with van der Waals surface area (Å²) in [7, 11) is 0. The van der Waals surface area contributed by atoms with Crippen molar-refractivity contribution in [1.29, 1.82) is 0 Å². The number of carbonyl (C=O) groups is 3. The van der Waals surface area contributed by atoms with Gasteiger partial charge in [0.05, 0.1) is 6.10 Å². The standard InChI is InChI=1S/C47H54N4O5/c1-28-33(22-45(53)41-23-39(31-17-18-31)35(26-48-41)27-51-21-4-3-13-43(51)47(55)56)9-5-10-36(28)37-11-7-12-40(29(37)2)50-46(54)42-24-38(30-15-16-30)34(25-49-42)20-19-32-8-6-14-44(32)52/h5,7,9-12,23-26,30-32,43-44,52H,3-4,6,8,13-22,27H2,1-2H3,(H,50,54)(H,55,56)/t32-,43+,44-/m1/s1. The molecule has 1 aliphatic heterocycles. The van der Waals surface area contributed by atoms with Gasteiger partial charge in [-0.2, -0.15) is 0 Å². The maximum atomic E-state index is 13.8. The largest absolute Gasteiger partial charge is 0.480 e. The number of hydrogen-bond acceptors (Lipinski definition) is 7. The van der Waals surface area contributed by atoms with Crippen LogP contribution < -0.4 is 5.32 Å². The second-order valence-corrected chi connectivity index (χ2v) is 16.8. The van der Waals surface area contributed by atoms with E-state index in [0.717, 1.165) is 122 Å². The van der Waals surface area contributed by atoms with E-state index >= 15 is 0 Å². The first-order valence-corrected chi connectivity index (χ1v) is 20.8. The number of aliphatic hydroxyl groups is 1. The number of aliphatic hydroxyl groups excluding tert-OH is 1. The average Bonchev–Trinajstić information content (AvgIpc) is 4.14. The van der Waals surface area contributed by atoms with Crippen LogP contribution in [0.3, 0.4) is 0 Å². The lowest BCUT2D eigenvalue weighted by Crippen LogP contribution is -2.44. The highest BCUT2D eigenvalue weighted by molar-refractivity contribution is 6.04. The Balaban J connectivity index is 0.968. The Labute approximate surface area is 330 Å². The summed E-state index contributed by atoms with van der Waals surface area (Å²) in [5.74, 6) is 0.183. The second-order valence-electron chi connectivity index (χ2n) is 16.8. The minimum atomic E-state index is -0.768. The minimum Gasteiger partial charge on any atom is -0.480 e. The summed E-state index contributed by atoms with van der Waals surface area (Å²) in [6, 6.07) is 15.4.